The van der Waals surface area contributed by atoms with Crippen LogP contribution in [0.5, 0.6) is 11.5 Å². The van der Waals surface area contributed by atoms with E-state index in [0.717, 1.165) is 23.4 Å². The molecule has 5 nitrogen and oxygen atoms in total. The highest BCUT2D eigenvalue weighted by atomic mass is 32.2. The number of nitrogens with zero attached hydrogens (tertiary/aromatic N) is 2. The predicted molar refractivity (Wildman–Crippen MR) is 119 cm³/mol. The van der Waals surface area contributed by atoms with Crippen molar-refractivity contribution in [3.8, 4) is 11.5 Å². The Balaban J connectivity index is 1.90. The molecule has 2 heterocycles. The number of carbonyl (C=O) groups is 1. The molecule has 3 rings (SSSR count). The first kappa shape index (κ1) is 20.5. The molecule has 7 heteroatoms. The molecule has 1 aromatic heterocycles. The minimum atomic E-state index is -0.128. The lowest BCUT2D eigenvalue weighted by atomic mass is 10.1. The molecule has 0 aliphatic carbocycles. The Morgan fingerprint density at radius 3 is 2.46 bits per heavy atom. The van der Waals surface area contributed by atoms with Crippen molar-refractivity contribution >= 4 is 40.3 Å². The molecule has 2 aromatic rings. The summed E-state index contributed by atoms with van der Waals surface area (Å²) in [6.45, 7) is 8.00. The molecule has 1 amide bonds. The molecule has 1 aliphatic heterocycles. The van der Waals surface area contributed by atoms with Gasteiger partial charge in [-0.3, -0.25) is 9.47 Å². The number of thiocarbonyl (C=S) groups is 1. The van der Waals surface area contributed by atoms with E-state index in [9.17, 15) is 4.79 Å². The standard InChI is InChI=1S/C21H24N2O3S2/c1-6-15(4)26-17-10-9-16(11-18(17)25-5)12-19-20(24)23(21(27)28-19)22-13(2)7-8-14(22)3/h7-12,15H,6H2,1-5H3/b19-12-/t15-/m0/s1. The molecule has 0 spiro atoms. The highest BCUT2D eigenvalue weighted by Crippen LogP contribution is 2.35. The van der Waals surface area contributed by atoms with E-state index in [1.807, 2.05) is 61.9 Å². The molecule has 1 fully saturated rings. The van der Waals surface area contributed by atoms with Crippen LogP contribution in [-0.4, -0.2) is 28.1 Å². The number of benzene rings is 1. The smallest absolute Gasteiger partial charge is 0.285 e. The summed E-state index contributed by atoms with van der Waals surface area (Å²) in [5.41, 5.74) is 2.78. The highest BCUT2D eigenvalue weighted by molar-refractivity contribution is 8.27. The van der Waals surface area contributed by atoms with E-state index < -0.39 is 0 Å². The molecule has 0 unspecified atom stereocenters. The average Bonchev–Trinajstić information content (AvgIpc) is 3.14. The Hall–Kier alpha value is -2.25. The van der Waals surface area contributed by atoms with Crippen LogP contribution in [0.2, 0.25) is 0 Å². The summed E-state index contributed by atoms with van der Waals surface area (Å²) >= 11 is 6.77. The number of methoxy groups -OCH3 is 1. The van der Waals surface area contributed by atoms with Crippen molar-refractivity contribution in [1.29, 1.82) is 0 Å². The SMILES string of the molecule is CC[C@H](C)Oc1ccc(/C=C2\SC(=S)N(n3c(C)ccc3C)C2=O)cc1OC. The summed E-state index contributed by atoms with van der Waals surface area (Å²) in [4.78, 5) is 13.6. The van der Waals surface area contributed by atoms with E-state index >= 15 is 0 Å². The van der Waals surface area contributed by atoms with Crippen LogP contribution < -0.4 is 14.5 Å². The molecule has 148 valence electrons. The molecule has 28 heavy (non-hydrogen) atoms. The number of ether oxygens (including phenoxy) is 2. The van der Waals surface area contributed by atoms with Crippen molar-refractivity contribution in [3.63, 3.8) is 0 Å². The second-order valence-electron chi connectivity index (χ2n) is 6.67. The minimum Gasteiger partial charge on any atom is -0.493 e. The van der Waals surface area contributed by atoms with Gasteiger partial charge in [-0.25, -0.2) is 0 Å². The molecular formula is C21H24N2O3S2. The maximum absolute atomic E-state index is 13.0. The monoisotopic (exact) mass is 416 g/mol. The van der Waals surface area contributed by atoms with Gasteiger partial charge in [0.2, 0.25) is 0 Å². The van der Waals surface area contributed by atoms with Crippen LogP contribution in [0.4, 0.5) is 0 Å². The van der Waals surface area contributed by atoms with Crippen LogP contribution in [-0.2, 0) is 4.79 Å². The van der Waals surface area contributed by atoms with Gasteiger partial charge in [0.05, 0.1) is 18.1 Å². The fourth-order valence-corrected chi connectivity index (χ4v) is 4.17. The molecule has 0 radical (unpaired) electrons. The van der Waals surface area contributed by atoms with Crippen LogP contribution >= 0.6 is 24.0 Å². The molecule has 1 aliphatic rings. The summed E-state index contributed by atoms with van der Waals surface area (Å²) in [7, 11) is 1.61. The van der Waals surface area contributed by atoms with Gasteiger partial charge in [0.1, 0.15) is 0 Å². The topological polar surface area (TPSA) is 43.7 Å². The summed E-state index contributed by atoms with van der Waals surface area (Å²) < 4.78 is 13.7. The minimum absolute atomic E-state index is 0.101. The number of hydrogen-bond acceptors (Lipinski definition) is 5. The Bertz CT molecular complexity index is 930. The fourth-order valence-electron chi connectivity index (χ4n) is 2.93. The molecule has 0 bridgehead atoms. The van der Waals surface area contributed by atoms with Gasteiger partial charge in [-0.1, -0.05) is 24.8 Å². The molecule has 1 atom stereocenters. The lowest BCUT2D eigenvalue weighted by Crippen LogP contribution is -2.39. The lowest BCUT2D eigenvalue weighted by Gasteiger charge is -2.20. The summed E-state index contributed by atoms with van der Waals surface area (Å²) in [5.74, 6) is 1.21. The summed E-state index contributed by atoms with van der Waals surface area (Å²) in [6.07, 6.45) is 2.85. The van der Waals surface area contributed by atoms with Gasteiger partial charge < -0.3 is 9.47 Å². The maximum atomic E-state index is 13.0. The molecule has 1 aromatic carbocycles. The van der Waals surface area contributed by atoms with Gasteiger partial charge >= 0.3 is 0 Å². The van der Waals surface area contributed by atoms with Crippen LogP contribution in [0, 0.1) is 13.8 Å². The van der Waals surface area contributed by atoms with Crippen molar-refractivity contribution < 1.29 is 14.3 Å². The van der Waals surface area contributed by atoms with Crippen molar-refractivity contribution in [2.45, 2.75) is 40.2 Å². The molecule has 1 saturated heterocycles. The van der Waals surface area contributed by atoms with Crippen LogP contribution in [0.3, 0.4) is 0 Å². The second-order valence-corrected chi connectivity index (χ2v) is 8.34. The first-order valence-corrected chi connectivity index (χ1v) is 10.4. The number of aryl methyl sites for hydroxylation is 2. The number of rotatable bonds is 6. The second kappa shape index (κ2) is 8.41. The van der Waals surface area contributed by atoms with E-state index in [4.69, 9.17) is 21.7 Å². The van der Waals surface area contributed by atoms with Gasteiger partial charge in [-0.05, 0) is 75.3 Å². The third-order valence-electron chi connectivity index (χ3n) is 4.60. The van der Waals surface area contributed by atoms with Crippen LogP contribution in [0.1, 0.15) is 37.2 Å². The van der Waals surface area contributed by atoms with Crippen molar-refractivity contribution in [1.82, 2.24) is 4.68 Å². The van der Waals surface area contributed by atoms with Crippen LogP contribution in [0.25, 0.3) is 6.08 Å². The third kappa shape index (κ3) is 3.95. The van der Waals surface area contributed by atoms with Crippen molar-refractivity contribution in [3.05, 3.63) is 52.2 Å². The number of amides is 1. The van der Waals surface area contributed by atoms with Gasteiger partial charge in [0, 0.05) is 11.4 Å². The molecule has 0 N–H and O–H groups in total. The first-order chi connectivity index (χ1) is 13.3. The van der Waals surface area contributed by atoms with E-state index in [1.54, 1.807) is 12.1 Å². The molecule has 0 saturated carbocycles. The Morgan fingerprint density at radius 2 is 1.86 bits per heavy atom. The van der Waals surface area contributed by atoms with Gasteiger partial charge in [0.25, 0.3) is 5.91 Å². The summed E-state index contributed by atoms with van der Waals surface area (Å²) in [5, 5.41) is 1.55. The normalized spacial score (nSPS) is 16.8. The Labute approximate surface area is 175 Å². The Kier molecular flexibility index (Phi) is 6.15. The van der Waals surface area contributed by atoms with Gasteiger partial charge in [-0.2, -0.15) is 5.01 Å². The Morgan fingerprint density at radius 1 is 1.18 bits per heavy atom. The largest absolute Gasteiger partial charge is 0.493 e. The van der Waals surface area contributed by atoms with Crippen molar-refractivity contribution in [2.24, 2.45) is 0 Å². The lowest BCUT2D eigenvalue weighted by molar-refractivity contribution is -0.114. The zero-order chi connectivity index (χ0) is 20.4. The number of thioether (sulfide) groups is 1. The third-order valence-corrected chi connectivity index (χ3v) is 5.88. The van der Waals surface area contributed by atoms with E-state index in [0.29, 0.717) is 20.7 Å². The van der Waals surface area contributed by atoms with Crippen LogP contribution in [0.15, 0.2) is 35.2 Å². The van der Waals surface area contributed by atoms with E-state index in [-0.39, 0.29) is 12.0 Å². The van der Waals surface area contributed by atoms with E-state index in [1.165, 1.54) is 11.8 Å². The van der Waals surface area contributed by atoms with E-state index in [2.05, 4.69) is 6.92 Å². The molecular weight excluding hydrogens is 392 g/mol. The summed E-state index contributed by atoms with van der Waals surface area (Å²) in [6, 6.07) is 9.60. The first-order valence-electron chi connectivity index (χ1n) is 9.13. The number of carbonyl (C=O) groups excluding carboxylic acids is 1. The van der Waals surface area contributed by atoms with Crippen molar-refractivity contribution in [2.75, 3.05) is 12.1 Å². The number of hydrogen-bond donors (Lipinski definition) is 0. The fraction of sp³-hybridized carbons (Fsp3) is 0.333. The highest BCUT2D eigenvalue weighted by Gasteiger charge is 2.34. The van der Waals surface area contributed by atoms with Gasteiger partial charge in [-0.15, -0.1) is 0 Å². The zero-order valence-electron chi connectivity index (χ0n) is 16.7. The number of aromatic nitrogens is 1. The van der Waals surface area contributed by atoms with Gasteiger partial charge in [0.15, 0.2) is 15.8 Å². The maximum Gasteiger partial charge on any atom is 0.285 e. The average molecular weight is 417 g/mol. The zero-order valence-corrected chi connectivity index (χ0v) is 18.3. The quantitative estimate of drug-likeness (QED) is 0.499. The predicted octanol–water partition coefficient (Wildman–Crippen LogP) is 4.83.